The summed E-state index contributed by atoms with van der Waals surface area (Å²) in [5.41, 5.74) is 5.64. The van der Waals surface area contributed by atoms with Gasteiger partial charge in [0.05, 0.1) is 12.1 Å². The molecule has 0 spiro atoms. The number of rotatable bonds is 8. The maximum absolute atomic E-state index is 11.6. The molecule has 2 fully saturated rings. The van der Waals surface area contributed by atoms with Crippen molar-refractivity contribution in [1.82, 2.24) is 9.80 Å². The summed E-state index contributed by atoms with van der Waals surface area (Å²) in [6, 6.07) is 8.62. The second kappa shape index (κ2) is 17.3. The van der Waals surface area contributed by atoms with E-state index in [-0.39, 0.29) is 52.5 Å². The summed E-state index contributed by atoms with van der Waals surface area (Å²) in [5.74, 6) is 1.84. The Labute approximate surface area is 320 Å². The van der Waals surface area contributed by atoms with Crippen LogP contribution in [0.5, 0.6) is 11.5 Å². The first-order chi connectivity index (χ1) is 23.0. The summed E-state index contributed by atoms with van der Waals surface area (Å²) in [6.45, 7) is 24.9. The second-order valence-electron chi connectivity index (χ2n) is 17.7. The van der Waals surface area contributed by atoms with Crippen molar-refractivity contribution in [2.24, 2.45) is 15.0 Å². The van der Waals surface area contributed by atoms with Crippen molar-refractivity contribution in [2.75, 3.05) is 32.7 Å². The summed E-state index contributed by atoms with van der Waals surface area (Å²) >= 11 is 0. The van der Waals surface area contributed by atoms with Gasteiger partial charge >= 0.3 is 0 Å². The zero-order chi connectivity index (χ0) is 35.6. The van der Waals surface area contributed by atoms with Crippen LogP contribution in [0.2, 0.25) is 0 Å². The molecule has 1 saturated heterocycles. The van der Waals surface area contributed by atoms with Crippen LogP contribution in [-0.2, 0) is 39.4 Å². The molecule has 5 rings (SSSR count). The average molecular weight is 744 g/mol. The fourth-order valence-corrected chi connectivity index (χ4v) is 7.37. The molecule has 2 atom stereocenters. The van der Waals surface area contributed by atoms with Gasteiger partial charge in [0.2, 0.25) is 0 Å². The predicted octanol–water partition coefficient (Wildman–Crippen LogP) is 8.99. The molecule has 1 aliphatic carbocycles. The molecule has 0 aromatic heterocycles. The Morgan fingerprint density at radius 2 is 1.27 bits per heavy atom. The smallest absolute Gasteiger partial charge is 0.196 e. The molecule has 51 heavy (non-hydrogen) atoms. The molecule has 285 valence electrons. The van der Waals surface area contributed by atoms with Gasteiger partial charge in [0.15, 0.2) is 5.96 Å². The molecule has 2 heterocycles. The number of benzene rings is 2. The monoisotopic (exact) mass is 743 g/mol. The fraction of sp³-hybridized carbons (Fsp3) is 0.628. The molecule has 1 saturated carbocycles. The van der Waals surface area contributed by atoms with E-state index < -0.39 is 0 Å². The number of aromatic hydroxyl groups is 2. The predicted molar refractivity (Wildman–Crippen MR) is 213 cm³/mol. The summed E-state index contributed by atoms with van der Waals surface area (Å²) < 4.78 is 0. The Kier molecular flexibility index (Phi) is 14.5. The number of nitrogens with zero attached hydrogens (tertiary/aromatic N) is 5. The molecular weight excluding hydrogens is 677 g/mol. The number of aliphatic imine (C=N–C) groups is 3. The van der Waals surface area contributed by atoms with Crippen LogP contribution >= 0.6 is 0 Å². The molecule has 2 aromatic carbocycles. The van der Waals surface area contributed by atoms with Gasteiger partial charge in [-0.3, -0.25) is 15.0 Å². The normalized spacial score (nSPS) is 20.2. The Hall–Kier alpha value is -2.84. The van der Waals surface area contributed by atoms with Crippen molar-refractivity contribution in [1.29, 1.82) is 0 Å². The summed E-state index contributed by atoms with van der Waals surface area (Å²) in [6.07, 6.45) is 12.0. The summed E-state index contributed by atoms with van der Waals surface area (Å²) in [5, 5.41) is 22.9. The van der Waals surface area contributed by atoms with E-state index >= 15 is 0 Å². The number of aryl methyl sites for hydroxylation is 1. The van der Waals surface area contributed by atoms with Crippen LogP contribution in [-0.4, -0.2) is 83.2 Å². The molecule has 0 amide bonds. The SMILES string of the molecule is CC(C)(C)c1cc(C=N[C@H]2CCCC[C@@H]2N=Cc2cc(C(C)(C)C)cc(C(C)(C)C)c2O)c(O)c(CCCN2CCCN3CCCN=C32)c1.[CH3-].[Co]. The third kappa shape index (κ3) is 10.6. The number of phenolic OH excluding ortho intramolecular Hbond substituents is 2. The number of guanidine groups is 1. The molecule has 8 heteroatoms. The summed E-state index contributed by atoms with van der Waals surface area (Å²) in [7, 11) is 0. The van der Waals surface area contributed by atoms with Crippen LogP contribution in [0.3, 0.4) is 0 Å². The summed E-state index contributed by atoms with van der Waals surface area (Å²) in [4.78, 5) is 19.9. The minimum Gasteiger partial charge on any atom is -0.507 e. The van der Waals surface area contributed by atoms with Crippen LogP contribution in [0.4, 0.5) is 0 Å². The van der Waals surface area contributed by atoms with Gasteiger partial charge in [-0.25, -0.2) is 0 Å². The average Bonchev–Trinajstić information content (AvgIpc) is 3.03. The van der Waals surface area contributed by atoms with Gasteiger partial charge in [-0.2, -0.15) is 0 Å². The van der Waals surface area contributed by atoms with Gasteiger partial charge in [-0.1, -0.05) is 87.3 Å². The molecule has 3 aliphatic rings. The maximum atomic E-state index is 11.6. The molecule has 7 nitrogen and oxygen atoms in total. The largest absolute Gasteiger partial charge is 0.507 e. The first-order valence-electron chi connectivity index (χ1n) is 18.9. The van der Waals surface area contributed by atoms with E-state index in [4.69, 9.17) is 15.0 Å². The van der Waals surface area contributed by atoms with Gasteiger partial charge in [0, 0.05) is 78.6 Å². The third-order valence-corrected chi connectivity index (χ3v) is 10.5. The van der Waals surface area contributed by atoms with E-state index in [0.717, 1.165) is 99.9 Å². The zero-order valence-electron chi connectivity index (χ0n) is 33.3. The van der Waals surface area contributed by atoms with Crippen molar-refractivity contribution in [3.63, 3.8) is 0 Å². The van der Waals surface area contributed by atoms with E-state index in [9.17, 15) is 10.2 Å². The molecule has 0 bridgehead atoms. The number of hydrogen-bond acceptors (Lipinski definition) is 7. The number of fused-ring (bicyclic) bond motifs is 1. The second-order valence-corrected chi connectivity index (χ2v) is 17.7. The van der Waals surface area contributed by atoms with Crippen LogP contribution in [0.1, 0.15) is 141 Å². The van der Waals surface area contributed by atoms with E-state index in [0.29, 0.717) is 11.5 Å². The van der Waals surface area contributed by atoms with E-state index in [1.54, 1.807) is 0 Å². The molecule has 0 unspecified atom stereocenters. The Morgan fingerprint density at radius 3 is 1.84 bits per heavy atom. The zero-order valence-corrected chi connectivity index (χ0v) is 34.3. The van der Waals surface area contributed by atoms with Gasteiger partial charge in [0.1, 0.15) is 11.5 Å². The Balaban J connectivity index is 0.00000351. The molecule has 2 N–H and O–H groups in total. The quantitative estimate of drug-likeness (QED) is 0.209. The van der Waals surface area contributed by atoms with Crippen LogP contribution in [0.25, 0.3) is 0 Å². The third-order valence-electron chi connectivity index (χ3n) is 10.5. The van der Waals surface area contributed by atoms with Gasteiger partial charge in [-0.05, 0) is 83.6 Å². The maximum Gasteiger partial charge on any atom is 0.196 e. The molecule has 2 aliphatic heterocycles. The number of hydrogen-bond donors (Lipinski definition) is 2. The fourth-order valence-electron chi connectivity index (χ4n) is 7.37. The van der Waals surface area contributed by atoms with Crippen molar-refractivity contribution in [2.45, 2.75) is 142 Å². The van der Waals surface area contributed by atoms with Crippen molar-refractivity contribution < 1.29 is 27.0 Å². The molecule has 1 radical (unpaired) electrons. The molecular formula is C43H66CoN5O2-. The van der Waals surface area contributed by atoms with E-state index in [1.165, 1.54) is 23.5 Å². The van der Waals surface area contributed by atoms with Gasteiger partial charge in [-0.15, -0.1) is 0 Å². The van der Waals surface area contributed by atoms with Crippen molar-refractivity contribution >= 4 is 18.4 Å². The first kappa shape index (κ1) is 42.6. The molecule has 2 aromatic rings. The standard InChI is InChI=1S/C42H63N5O2.CH3.Co/c1-40(2,3)32-23-29(15-12-19-46-21-14-22-47-20-13-18-43-39(46)47)37(48)30(24-32)27-44-35-16-10-11-17-36(35)45-28-31-25-33(41(4,5)6)26-34(38(31)49)42(7,8)9;;/h23-28,35-36,48-49H,10-22H2,1-9H3;1H3;/q;-1;/t35-,36-;;/m0../s1. The van der Waals surface area contributed by atoms with Crippen LogP contribution in [0.15, 0.2) is 39.2 Å². The van der Waals surface area contributed by atoms with Gasteiger partial charge in [0.25, 0.3) is 0 Å². The van der Waals surface area contributed by atoms with E-state index in [2.05, 4.69) is 96.4 Å². The van der Waals surface area contributed by atoms with Crippen LogP contribution in [0, 0.1) is 7.43 Å². The minimum atomic E-state index is -0.188. The van der Waals surface area contributed by atoms with E-state index in [1.807, 2.05) is 12.4 Å². The topological polar surface area (TPSA) is 84.0 Å². The first-order valence-corrected chi connectivity index (χ1v) is 18.9. The van der Waals surface area contributed by atoms with Crippen LogP contribution < -0.4 is 0 Å². The Bertz CT molecular complexity index is 1560. The van der Waals surface area contributed by atoms with Crippen molar-refractivity contribution in [3.8, 4) is 11.5 Å². The van der Waals surface area contributed by atoms with Gasteiger partial charge < -0.3 is 27.4 Å². The van der Waals surface area contributed by atoms with Crippen molar-refractivity contribution in [3.05, 3.63) is 65.1 Å². The Morgan fingerprint density at radius 1 is 0.725 bits per heavy atom. The number of phenols is 2. The minimum absolute atomic E-state index is 0.